The third kappa shape index (κ3) is 3.76. The van der Waals surface area contributed by atoms with Crippen molar-refractivity contribution in [2.45, 2.75) is 19.3 Å². The summed E-state index contributed by atoms with van der Waals surface area (Å²) < 4.78 is 0. The van der Waals surface area contributed by atoms with Crippen molar-refractivity contribution in [3.63, 3.8) is 0 Å². The topological polar surface area (TPSA) is 6.48 Å². The highest BCUT2D eigenvalue weighted by atomic mass is 15.2. The molecule has 0 saturated carbocycles. The molecular weight excluding hydrogens is 544 g/mol. The second kappa shape index (κ2) is 9.70. The maximum absolute atomic E-state index is 2.49. The van der Waals surface area contributed by atoms with E-state index in [1.165, 1.54) is 66.2 Å². The lowest BCUT2D eigenvalue weighted by atomic mass is 9.72. The van der Waals surface area contributed by atoms with Crippen LogP contribution in [-0.4, -0.2) is 0 Å². The molecule has 0 aromatic heterocycles. The Balaban J connectivity index is 1.39. The number of fused-ring (bicyclic) bond motifs is 3. The van der Waals surface area contributed by atoms with Gasteiger partial charge in [-0.05, 0) is 87.3 Å². The lowest BCUT2D eigenvalue weighted by Gasteiger charge is -2.43. The van der Waals surface area contributed by atoms with Crippen molar-refractivity contribution >= 4 is 66.4 Å². The SMILES string of the molecule is CC1(C)c2ccccc2N(c2ccccc2)c2c1cc1ccc3ccc(N(c4ccccc4)c4ccccc4)c4ccc2c1c34. The maximum Gasteiger partial charge on any atom is 0.0581 e. The van der Waals surface area contributed by atoms with Crippen LogP contribution in [-0.2, 0) is 5.41 Å². The van der Waals surface area contributed by atoms with E-state index < -0.39 is 0 Å². The molecule has 0 unspecified atom stereocenters. The molecule has 0 amide bonds. The highest BCUT2D eigenvalue weighted by Gasteiger charge is 2.38. The summed E-state index contributed by atoms with van der Waals surface area (Å²) in [5.74, 6) is 0. The summed E-state index contributed by atoms with van der Waals surface area (Å²) >= 11 is 0. The predicted molar refractivity (Wildman–Crippen MR) is 192 cm³/mol. The molecule has 2 heteroatoms. The van der Waals surface area contributed by atoms with Crippen molar-refractivity contribution in [1.29, 1.82) is 0 Å². The van der Waals surface area contributed by atoms with Gasteiger partial charge in [0.15, 0.2) is 0 Å². The Morgan fingerprint density at radius 1 is 0.489 bits per heavy atom. The van der Waals surface area contributed by atoms with Gasteiger partial charge < -0.3 is 9.80 Å². The van der Waals surface area contributed by atoms with Crippen LogP contribution in [0.5, 0.6) is 0 Å². The first kappa shape index (κ1) is 25.9. The van der Waals surface area contributed by atoms with Crippen molar-refractivity contribution in [3.05, 3.63) is 169 Å². The Morgan fingerprint density at radius 3 is 1.76 bits per heavy atom. The second-order valence-electron chi connectivity index (χ2n) is 12.6. The fourth-order valence-corrected chi connectivity index (χ4v) is 7.65. The summed E-state index contributed by atoms with van der Waals surface area (Å²) in [7, 11) is 0. The van der Waals surface area contributed by atoms with E-state index in [4.69, 9.17) is 0 Å². The maximum atomic E-state index is 2.49. The molecule has 0 radical (unpaired) electrons. The van der Waals surface area contributed by atoms with Gasteiger partial charge in [0.05, 0.1) is 17.1 Å². The van der Waals surface area contributed by atoms with Crippen LogP contribution in [0.2, 0.25) is 0 Å². The lowest BCUT2D eigenvalue weighted by molar-refractivity contribution is 0.634. The highest BCUT2D eigenvalue weighted by molar-refractivity contribution is 6.29. The van der Waals surface area contributed by atoms with Crippen LogP contribution in [0, 0.1) is 0 Å². The summed E-state index contributed by atoms with van der Waals surface area (Å²) in [5.41, 5.74) is 9.70. The molecule has 0 spiro atoms. The van der Waals surface area contributed by atoms with Gasteiger partial charge >= 0.3 is 0 Å². The van der Waals surface area contributed by atoms with Crippen molar-refractivity contribution in [3.8, 4) is 0 Å². The van der Waals surface area contributed by atoms with Gasteiger partial charge in [0, 0.05) is 33.2 Å². The average molecular weight is 577 g/mol. The Bertz CT molecular complexity index is 2300. The summed E-state index contributed by atoms with van der Waals surface area (Å²) in [6, 6.07) is 57.5. The molecule has 214 valence electrons. The van der Waals surface area contributed by atoms with Crippen LogP contribution in [0.4, 0.5) is 34.1 Å². The molecule has 1 aliphatic rings. The van der Waals surface area contributed by atoms with E-state index >= 15 is 0 Å². The van der Waals surface area contributed by atoms with Crippen LogP contribution in [0.3, 0.4) is 0 Å². The third-order valence-electron chi connectivity index (χ3n) is 9.73. The summed E-state index contributed by atoms with van der Waals surface area (Å²) in [6.45, 7) is 4.75. The van der Waals surface area contributed by atoms with Crippen molar-refractivity contribution in [2.24, 2.45) is 0 Å². The van der Waals surface area contributed by atoms with Gasteiger partial charge in [0.1, 0.15) is 0 Å². The number of hydrogen-bond donors (Lipinski definition) is 0. The minimum Gasteiger partial charge on any atom is -0.310 e. The van der Waals surface area contributed by atoms with Gasteiger partial charge in [-0.1, -0.05) is 117 Å². The van der Waals surface area contributed by atoms with Crippen LogP contribution >= 0.6 is 0 Å². The smallest absolute Gasteiger partial charge is 0.0581 e. The molecule has 0 saturated heterocycles. The number of anilines is 6. The number of rotatable bonds is 4. The molecular formula is C43H32N2. The molecule has 9 rings (SSSR count). The van der Waals surface area contributed by atoms with E-state index in [1.54, 1.807) is 0 Å². The third-order valence-corrected chi connectivity index (χ3v) is 9.73. The zero-order valence-electron chi connectivity index (χ0n) is 25.4. The highest BCUT2D eigenvalue weighted by Crippen LogP contribution is 2.56. The van der Waals surface area contributed by atoms with E-state index in [0.717, 1.165) is 11.4 Å². The van der Waals surface area contributed by atoms with Gasteiger partial charge in [0.25, 0.3) is 0 Å². The molecule has 2 nitrogen and oxygen atoms in total. The molecule has 1 heterocycles. The number of para-hydroxylation sites is 4. The molecule has 0 atom stereocenters. The van der Waals surface area contributed by atoms with Gasteiger partial charge in [0.2, 0.25) is 0 Å². The molecule has 0 bridgehead atoms. The number of nitrogens with zero attached hydrogens (tertiary/aromatic N) is 2. The van der Waals surface area contributed by atoms with Gasteiger partial charge in [-0.15, -0.1) is 0 Å². The van der Waals surface area contributed by atoms with E-state index in [2.05, 4.69) is 181 Å². The second-order valence-corrected chi connectivity index (χ2v) is 12.6. The first-order chi connectivity index (χ1) is 22.1. The van der Waals surface area contributed by atoms with Gasteiger partial charge in [-0.25, -0.2) is 0 Å². The molecule has 1 aliphatic heterocycles. The summed E-state index contributed by atoms with van der Waals surface area (Å²) in [4.78, 5) is 4.87. The van der Waals surface area contributed by atoms with Crippen molar-refractivity contribution < 1.29 is 0 Å². The lowest BCUT2D eigenvalue weighted by Crippen LogP contribution is -2.30. The standard InChI is InChI=1S/C43H32N2/c1-43(2)36-20-12-13-21-39(36)45(33-18-10-5-11-19-33)42-35-26-25-34-38(27-24-29-22-23-30(28-37(42)43)41(35)40(29)34)44(31-14-6-3-7-15-31)32-16-8-4-9-17-32/h3-28H,1-2H3. The number of hydrogen-bond acceptors (Lipinski definition) is 2. The van der Waals surface area contributed by atoms with E-state index in [0.29, 0.717) is 0 Å². The Morgan fingerprint density at radius 2 is 1.04 bits per heavy atom. The Labute approximate surface area is 263 Å². The Kier molecular flexibility index (Phi) is 5.58. The minimum atomic E-state index is -0.162. The van der Waals surface area contributed by atoms with Gasteiger partial charge in [-0.2, -0.15) is 0 Å². The van der Waals surface area contributed by atoms with E-state index in [-0.39, 0.29) is 5.41 Å². The molecule has 0 aliphatic carbocycles. The van der Waals surface area contributed by atoms with E-state index in [1.807, 2.05) is 0 Å². The minimum absolute atomic E-state index is 0.162. The van der Waals surface area contributed by atoms with Crippen LogP contribution < -0.4 is 9.80 Å². The summed E-state index contributed by atoms with van der Waals surface area (Å²) in [6.07, 6.45) is 0. The monoisotopic (exact) mass is 576 g/mol. The van der Waals surface area contributed by atoms with Crippen molar-refractivity contribution in [2.75, 3.05) is 9.80 Å². The first-order valence-corrected chi connectivity index (χ1v) is 15.7. The summed E-state index contributed by atoms with van der Waals surface area (Å²) in [5, 5.41) is 7.71. The zero-order valence-corrected chi connectivity index (χ0v) is 25.4. The predicted octanol–water partition coefficient (Wildman–Crippen LogP) is 12.2. The quantitative estimate of drug-likeness (QED) is 0.192. The molecule has 45 heavy (non-hydrogen) atoms. The largest absolute Gasteiger partial charge is 0.310 e. The van der Waals surface area contributed by atoms with E-state index in [9.17, 15) is 0 Å². The molecule has 0 N–H and O–H groups in total. The van der Waals surface area contributed by atoms with Crippen LogP contribution in [0.1, 0.15) is 25.0 Å². The Hall–Kier alpha value is -5.60. The molecule has 0 fully saturated rings. The van der Waals surface area contributed by atoms with Crippen molar-refractivity contribution in [1.82, 2.24) is 0 Å². The molecule has 8 aromatic carbocycles. The first-order valence-electron chi connectivity index (χ1n) is 15.7. The zero-order chi connectivity index (χ0) is 30.1. The fraction of sp³-hybridized carbons (Fsp3) is 0.0698. The number of benzene rings is 8. The normalized spacial score (nSPS) is 13.7. The fourth-order valence-electron chi connectivity index (χ4n) is 7.65. The average Bonchev–Trinajstić information content (AvgIpc) is 3.09. The van der Waals surface area contributed by atoms with Gasteiger partial charge in [-0.3, -0.25) is 0 Å². The molecule has 8 aromatic rings. The van der Waals surface area contributed by atoms with Crippen LogP contribution in [0.25, 0.3) is 32.3 Å². The van der Waals surface area contributed by atoms with Crippen LogP contribution in [0.15, 0.2) is 158 Å².